The van der Waals surface area contributed by atoms with E-state index in [1.165, 1.54) is 19.1 Å². The third-order valence-corrected chi connectivity index (χ3v) is 4.81. The van der Waals surface area contributed by atoms with Gasteiger partial charge in [-0.15, -0.1) is 4.40 Å². The van der Waals surface area contributed by atoms with E-state index < -0.39 is 10.0 Å². The van der Waals surface area contributed by atoms with Gasteiger partial charge < -0.3 is 10.2 Å². The molecule has 0 spiro atoms. The van der Waals surface area contributed by atoms with Gasteiger partial charge in [-0.2, -0.15) is 8.42 Å². The molecule has 0 aliphatic carbocycles. The molecule has 1 aliphatic heterocycles. The summed E-state index contributed by atoms with van der Waals surface area (Å²) in [6, 6.07) is 6.15. The number of hydrogen-bond donors (Lipinski definition) is 1. The standard InChI is InChI=1S/C15H21N3O3S/c1-12(19)16-13-7-6-8-14(11-13)22(20,21)17-15-9-4-3-5-10-18(15)2/h6-8,11H,3-5,9-10H2,1-2H3,(H,16,19)/b17-15+. The highest BCUT2D eigenvalue weighted by atomic mass is 32.2. The number of benzene rings is 1. The predicted octanol–water partition coefficient (Wildman–Crippen LogP) is 2.24. The summed E-state index contributed by atoms with van der Waals surface area (Å²) >= 11 is 0. The lowest BCUT2D eigenvalue weighted by Crippen LogP contribution is -2.26. The number of anilines is 1. The molecule has 0 aromatic heterocycles. The van der Waals surface area contributed by atoms with Crippen molar-refractivity contribution in [1.29, 1.82) is 0 Å². The molecule has 1 fully saturated rings. The van der Waals surface area contributed by atoms with Crippen molar-refractivity contribution in [3.63, 3.8) is 0 Å². The van der Waals surface area contributed by atoms with Crippen molar-refractivity contribution >= 4 is 27.5 Å². The summed E-state index contributed by atoms with van der Waals surface area (Å²) in [5.74, 6) is 0.354. The fourth-order valence-corrected chi connectivity index (χ4v) is 3.51. The molecule has 0 atom stereocenters. The first-order valence-electron chi connectivity index (χ1n) is 7.31. The molecule has 6 nitrogen and oxygen atoms in total. The Morgan fingerprint density at radius 2 is 2.05 bits per heavy atom. The number of sulfonamides is 1. The summed E-state index contributed by atoms with van der Waals surface area (Å²) in [7, 11) is -1.90. The van der Waals surface area contributed by atoms with Crippen LogP contribution >= 0.6 is 0 Å². The predicted molar refractivity (Wildman–Crippen MR) is 86.5 cm³/mol. The third kappa shape index (κ3) is 4.30. The Balaban J connectivity index is 2.31. The van der Waals surface area contributed by atoms with Crippen molar-refractivity contribution in [3.05, 3.63) is 24.3 Å². The maximum absolute atomic E-state index is 12.5. The molecule has 0 saturated carbocycles. The van der Waals surface area contributed by atoms with Crippen LogP contribution in [0.3, 0.4) is 0 Å². The molecule has 0 bridgehead atoms. The zero-order valence-electron chi connectivity index (χ0n) is 12.9. The molecule has 120 valence electrons. The van der Waals surface area contributed by atoms with E-state index in [1.54, 1.807) is 12.1 Å². The quantitative estimate of drug-likeness (QED) is 0.925. The normalized spacial score (nSPS) is 18.1. The van der Waals surface area contributed by atoms with Crippen LogP contribution in [-0.4, -0.2) is 38.7 Å². The Kier molecular flexibility index (Phi) is 5.18. The van der Waals surface area contributed by atoms with Gasteiger partial charge in [0.05, 0.1) is 4.90 Å². The van der Waals surface area contributed by atoms with Gasteiger partial charge in [0.15, 0.2) is 0 Å². The van der Waals surface area contributed by atoms with Crippen molar-refractivity contribution in [2.45, 2.75) is 37.5 Å². The molecule has 0 radical (unpaired) electrons. The minimum atomic E-state index is -3.77. The Hall–Kier alpha value is -1.89. The number of rotatable bonds is 3. The van der Waals surface area contributed by atoms with Crippen LogP contribution in [0.2, 0.25) is 0 Å². The van der Waals surface area contributed by atoms with E-state index in [0.717, 1.165) is 25.8 Å². The lowest BCUT2D eigenvalue weighted by Gasteiger charge is -2.17. The summed E-state index contributed by atoms with van der Waals surface area (Å²) in [5, 5.41) is 2.58. The monoisotopic (exact) mass is 323 g/mol. The van der Waals surface area contributed by atoms with Crippen LogP contribution in [0.1, 0.15) is 32.6 Å². The summed E-state index contributed by atoms with van der Waals surface area (Å²) in [5.41, 5.74) is 0.447. The first-order valence-corrected chi connectivity index (χ1v) is 8.75. The molecule has 1 N–H and O–H groups in total. The van der Waals surface area contributed by atoms with Crippen LogP contribution in [0, 0.1) is 0 Å². The van der Waals surface area contributed by atoms with Gasteiger partial charge in [-0.25, -0.2) is 0 Å². The fourth-order valence-electron chi connectivity index (χ4n) is 2.37. The average molecular weight is 323 g/mol. The van der Waals surface area contributed by atoms with Crippen molar-refractivity contribution in [1.82, 2.24) is 4.90 Å². The number of nitrogens with one attached hydrogen (secondary N) is 1. The molecular weight excluding hydrogens is 302 g/mol. The second-order valence-corrected chi connectivity index (χ2v) is 7.03. The first-order chi connectivity index (χ1) is 10.4. The zero-order chi connectivity index (χ0) is 16.2. The Bertz CT molecular complexity index is 683. The van der Waals surface area contributed by atoms with Gasteiger partial charge in [0, 0.05) is 32.6 Å². The summed E-state index contributed by atoms with van der Waals surface area (Å²) < 4.78 is 28.9. The number of carbonyl (C=O) groups is 1. The van der Waals surface area contributed by atoms with Crippen LogP contribution in [0.25, 0.3) is 0 Å². The topological polar surface area (TPSA) is 78.8 Å². The van der Waals surface area contributed by atoms with Crippen molar-refractivity contribution in [2.24, 2.45) is 4.40 Å². The molecule has 1 aliphatic rings. The lowest BCUT2D eigenvalue weighted by molar-refractivity contribution is -0.114. The molecule has 2 rings (SSSR count). The molecule has 1 amide bonds. The fraction of sp³-hybridized carbons (Fsp3) is 0.467. The molecule has 7 heteroatoms. The molecule has 1 saturated heterocycles. The zero-order valence-corrected chi connectivity index (χ0v) is 13.7. The Morgan fingerprint density at radius 1 is 1.27 bits per heavy atom. The molecule has 0 unspecified atom stereocenters. The molecule has 1 aromatic rings. The lowest BCUT2D eigenvalue weighted by atomic mass is 10.2. The van der Waals surface area contributed by atoms with Gasteiger partial charge >= 0.3 is 0 Å². The van der Waals surface area contributed by atoms with Gasteiger partial charge in [-0.3, -0.25) is 4.79 Å². The van der Waals surface area contributed by atoms with E-state index in [2.05, 4.69) is 9.71 Å². The molecule has 1 aromatic carbocycles. The number of likely N-dealkylation sites (tertiary alicyclic amines) is 1. The van der Waals surface area contributed by atoms with Crippen LogP contribution in [0.4, 0.5) is 5.69 Å². The van der Waals surface area contributed by atoms with E-state index in [0.29, 0.717) is 17.9 Å². The van der Waals surface area contributed by atoms with Gasteiger partial charge in [0.25, 0.3) is 10.0 Å². The SMILES string of the molecule is CC(=O)Nc1cccc(S(=O)(=O)/N=C2\CCCCCN2C)c1. The minimum Gasteiger partial charge on any atom is -0.362 e. The van der Waals surface area contributed by atoms with Crippen LogP contribution in [-0.2, 0) is 14.8 Å². The largest absolute Gasteiger partial charge is 0.362 e. The number of amidine groups is 1. The van der Waals surface area contributed by atoms with E-state index in [9.17, 15) is 13.2 Å². The van der Waals surface area contributed by atoms with Crippen molar-refractivity contribution in [3.8, 4) is 0 Å². The minimum absolute atomic E-state index is 0.0869. The van der Waals surface area contributed by atoms with Crippen molar-refractivity contribution < 1.29 is 13.2 Å². The first kappa shape index (κ1) is 16.5. The highest BCUT2D eigenvalue weighted by molar-refractivity contribution is 7.90. The van der Waals surface area contributed by atoms with Gasteiger partial charge in [-0.05, 0) is 31.0 Å². The van der Waals surface area contributed by atoms with E-state index in [1.807, 2.05) is 11.9 Å². The second-order valence-electron chi connectivity index (χ2n) is 5.42. The highest BCUT2D eigenvalue weighted by Gasteiger charge is 2.18. The molecular formula is C15H21N3O3S. The van der Waals surface area contributed by atoms with E-state index in [4.69, 9.17) is 0 Å². The molecule has 22 heavy (non-hydrogen) atoms. The van der Waals surface area contributed by atoms with Gasteiger partial charge in [0.1, 0.15) is 5.84 Å². The maximum Gasteiger partial charge on any atom is 0.284 e. The van der Waals surface area contributed by atoms with Gasteiger partial charge in [-0.1, -0.05) is 12.5 Å². The van der Waals surface area contributed by atoms with E-state index in [-0.39, 0.29) is 10.8 Å². The number of hydrogen-bond acceptors (Lipinski definition) is 3. The third-order valence-electron chi connectivity index (χ3n) is 3.51. The van der Waals surface area contributed by atoms with Gasteiger partial charge in [0.2, 0.25) is 5.91 Å². The Morgan fingerprint density at radius 3 is 2.77 bits per heavy atom. The van der Waals surface area contributed by atoms with Crippen LogP contribution in [0.15, 0.2) is 33.6 Å². The number of carbonyl (C=O) groups excluding carboxylic acids is 1. The smallest absolute Gasteiger partial charge is 0.284 e. The maximum atomic E-state index is 12.5. The summed E-state index contributed by atoms with van der Waals surface area (Å²) in [6.07, 6.45) is 3.75. The molecule has 1 heterocycles. The number of nitrogens with zero attached hydrogens (tertiary/aromatic N) is 2. The van der Waals surface area contributed by atoms with Crippen molar-refractivity contribution in [2.75, 3.05) is 18.9 Å². The second kappa shape index (κ2) is 6.91. The Labute approximate surface area is 131 Å². The van der Waals surface area contributed by atoms with Crippen LogP contribution < -0.4 is 5.32 Å². The number of amides is 1. The van der Waals surface area contributed by atoms with Crippen LogP contribution in [0.5, 0.6) is 0 Å². The highest BCUT2D eigenvalue weighted by Crippen LogP contribution is 2.20. The average Bonchev–Trinajstić information content (AvgIpc) is 2.63. The van der Waals surface area contributed by atoms with E-state index >= 15 is 0 Å². The summed E-state index contributed by atoms with van der Waals surface area (Å²) in [6.45, 7) is 2.20. The summed E-state index contributed by atoms with van der Waals surface area (Å²) in [4.78, 5) is 13.1.